The van der Waals surface area contributed by atoms with E-state index in [-0.39, 0.29) is 33.8 Å². The van der Waals surface area contributed by atoms with Crippen LogP contribution in [0.2, 0.25) is 5.02 Å². The van der Waals surface area contributed by atoms with Crippen molar-refractivity contribution in [3.05, 3.63) is 40.4 Å². The molecule has 0 spiro atoms. The Hall–Kier alpha value is -2.39. The Morgan fingerprint density at radius 1 is 1.52 bits per heavy atom. The Kier molecular flexibility index (Phi) is 5.05. The zero-order valence-corrected chi connectivity index (χ0v) is 14.4. The normalized spacial score (nSPS) is 19.6. The van der Waals surface area contributed by atoms with E-state index in [2.05, 4.69) is 16.5 Å². The molecule has 1 fully saturated rings. The predicted octanol–water partition coefficient (Wildman–Crippen LogP) is 4.25. The van der Waals surface area contributed by atoms with Crippen molar-refractivity contribution in [1.82, 2.24) is 10.5 Å². The topological polar surface area (TPSA) is 78.9 Å². The molecule has 1 heterocycles. The van der Waals surface area contributed by atoms with Crippen molar-refractivity contribution in [2.24, 2.45) is 5.92 Å². The lowest BCUT2D eigenvalue weighted by Crippen LogP contribution is -2.33. The number of nitrogens with one attached hydrogen (secondary N) is 1. The number of hydrogen-bond donors (Lipinski definition) is 1. The summed E-state index contributed by atoms with van der Waals surface area (Å²) in [5, 5.41) is 15.7. The second kappa shape index (κ2) is 7.24. The number of hydrogen-bond acceptors (Lipinski definition) is 4. The lowest BCUT2D eigenvalue weighted by Gasteiger charge is -2.13. The van der Waals surface area contributed by atoms with E-state index in [1.165, 1.54) is 18.2 Å². The van der Waals surface area contributed by atoms with Crippen molar-refractivity contribution in [3.63, 3.8) is 0 Å². The highest BCUT2D eigenvalue weighted by Crippen LogP contribution is 2.34. The average molecular weight is 362 g/mol. The molecule has 130 valence electrons. The van der Waals surface area contributed by atoms with Gasteiger partial charge in [-0.05, 0) is 44.2 Å². The van der Waals surface area contributed by atoms with E-state index in [4.69, 9.17) is 21.4 Å². The molecule has 1 N–H and O–H groups in total. The van der Waals surface area contributed by atoms with Gasteiger partial charge in [0.25, 0.3) is 5.91 Å². The predicted molar refractivity (Wildman–Crippen MR) is 90.5 cm³/mol. The maximum absolute atomic E-state index is 14.2. The van der Waals surface area contributed by atoms with Gasteiger partial charge >= 0.3 is 0 Å². The summed E-state index contributed by atoms with van der Waals surface area (Å²) in [7, 11) is 0. The molecule has 2 aromatic rings. The number of rotatable bonds is 4. The van der Waals surface area contributed by atoms with Crippen LogP contribution >= 0.6 is 11.6 Å². The first-order valence-corrected chi connectivity index (χ1v) is 8.47. The molecule has 5 nitrogen and oxygen atoms in total. The summed E-state index contributed by atoms with van der Waals surface area (Å²) in [5.41, 5.74) is 0.348. The van der Waals surface area contributed by atoms with Gasteiger partial charge in [-0.1, -0.05) is 22.8 Å². The van der Waals surface area contributed by atoms with Gasteiger partial charge in [-0.15, -0.1) is 0 Å². The summed E-state index contributed by atoms with van der Waals surface area (Å²) in [5.74, 6) is -0.321. The quantitative estimate of drug-likeness (QED) is 0.882. The molecular formula is C18H17ClFN3O2. The highest BCUT2D eigenvalue weighted by Gasteiger charge is 2.30. The Morgan fingerprint density at radius 3 is 3.04 bits per heavy atom. The summed E-state index contributed by atoms with van der Waals surface area (Å²) >= 11 is 6.09. The fraction of sp³-hybridized carbons (Fsp3) is 0.389. The van der Waals surface area contributed by atoms with Crippen LogP contribution in [0.5, 0.6) is 0 Å². The Balaban J connectivity index is 1.85. The van der Waals surface area contributed by atoms with Crippen LogP contribution in [0.25, 0.3) is 11.3 Å². The van der Waals surface area contributed by atoms with Crippen LogP contribution in [-0.4, -0.2) is 17.1 Å². The summed E-state index contributed by atoms with van der Waals surface area (Å²) in [6.07, 6.45) is 2.99. The monoisotopic (exact) mass is 361 g/mol. The SMILES string of the molecule is Cc1onc(-c2c(F)cccc2Cl)c1C(=O)N[C@@H]1CC[C@H](CC#N)C1. The minimum atomic E-state index is -0.565. The molecule has 0 bridgehead atoms. The zero-order chi connectivity index (χ0) is 18.0. The number of benzene rings is 1. The summed E-state index contributed by atoms with van der Waals surface area (Å²) < 4.78 is 19.3. The Morgan fingerprint density at radius 2 is 2.32 bits per heavy atom. The molecule has 0 aliphatic heterocycles. The molecule has 25 heavy (non-hydrogen) atoms. The first kappa shape index (κ1) is 17.4. The third-order valence-electron chi connectivity index (χ3n) is 4.55. The molecule has 3 rings (SSSR count). The molecule has 1 aliphatic carbocycles. The van der Waals surface area contributed by atoms with Crippen LogP contribution in [-0.2, 0) is 0 Å². The summed E-state index contributed by atoms with van der Waals surface area (Å²) in [4.78, 5) is 12.7. The largest absolute Gasteiger partial charge is 0.360 e. The van der Waals surface area contributed by atoms with Gasteiger partial charge in [0.2, 0.25) is 0 Å². The van der Waals surface area contributed by atoms with Crippen LogP contribution in [0.1, 0.15) is 41.8 Å². The van der Waals surface area contributed by atoms with Gasteiger partial charge in [0.1, 0.15) is 22.8 Å². The zero-order valence-electron chi connectivity index (χ0n) is 13.7. The van der Waals surface area contributed by atoms with Crippen molar-refractivity contribution in [1.29, 1.82) is 5.26 Å². The molecular weight excluding hydrogens is 345 g/mol. The highest BCUT2D eigenvalue weighted by atomic mass is 35.5. The Labute approximate surface area is 149 Å². The van der Waals surface area contributed by atoms with Crippen LogP contribution in [0.3, 0.4) is 0 Å². The van der Waals surface area contributed by atoms with Gasteiger partial charge in [-0.2, -0.15) is 5.26 Å². The van der Waals surface area contributed by atoms with Crippen molar-refractivity contribution in [3.8, 4) is 17.3 Å². The lowest BCUT2D eigenvalue weighted by molar-refractivity contribution is 0.0936. The van der Waals surface area contributed by atoms with E-state index in [9.17, 15) is 9.18 Å². The molecule has 7 heteroatoms. The van der Waals surface area contributed by atoms with Crippen LogP contribution < -0.4 is 5.32 Å². The van der Waals surface area contributed by atoms with Crippen LogP contribution in [0.15, 0.2) is 22.7 Å². The van der Waals surface area contributed by atoms with Crippen molar-refractivity contribution < 1.29 is 13.7 Å². The standard InChI is InChI=1S/C18H17ClFN3O2/c1-10-15(18(24)22-12-6-5-11(9-12)7-8-21)17(23-25-10)16-13(19)3-2-4-14(16)20/h2-4,11-12H,5-7,9H2,1H3,(H,22,24)/t11-,12-/m1/s1. The molecule has 0 radical (unpaired) electrons. The number of carbonyl (C=O) groups is 1. The second-order valence-electron chi connectivity index (χ2n) is 6.27. The molecule has 1 saturated carbocycles. The number of nitrogens with zero attached hydrogens (tertiary/aromatic N) is 2. The number of aryl methyl sites for hydroxylation is 1. The van der Waals surface area contributed by atoms with E-state index >= 15 is 0 Å². The van der Waals surface area contributed by atoms with Gasteiger partial charge < -0.3 is 9.84 Å². The summed E-state index contributed by atoms with van der Waals surface area (Å²) in [6, 6.07) is 6.44. The van der Waals surface area contributed by atoms with Crippen molar-refractivity contribution in [2.75, 3.05) is 0 Å². The lowest BCUT2D eigenvalue weighted by atomic mass is 10.0. The van der Waals surface area contributed by atoms with E-state index in [0.29, 0.717) is 18.1 Å². The number of amides is 1. The number of aromatic nitrogens is 1. The average Bonchev–Trinajstić information content (AvgIpc) is 3.14. The molecule has 0 saturated heterocycles. The molecule has 0 unspecified atom stereocenters. The van der Waals surface area contributed by atoms with Gasteiger partial charge in [0, 0.05) is 12.5 Å². The van der Waals surface area contributed by atoms with Gasteiger partial charge in [0.05, 0.1) is 16.7 Å². The first-order valence-electron chi connectivity index (χ1n) is 8.09. The van der Waals surface area contributed by atoms with Crippen molar-refractivity contribution in [2.45, 2.75) is 38.6 Å². The fourth-order valence-electron chi connectivity index (χ4n) is 3.31. The van der Waals surface area contributed by atoms with E-state index in [1.807, 2.05) is 0 Å². The highest BCUT2D eigenvalue weighted by molar-refractivity contribution is 6.33. The van der Waals surface area contributed by atoms with Gasteiger partial charge in [-0.3, -0.25) is 4.79 Å². The van der Waals surface area contributed by atoms with Crippen LogP contribution in [0.4, 0.5) is 4.39 Å². The second-order valence-corrected chi connectivity index (χ2v) is 6.68. The molecule has 1 aliphatic rings. The third kappa shape index (κ3) is 3.52. The first-order chi connectivity index (χ1) is 12.0. The number of halogens is 2. The molecule has 2 atom stereocenters. The van der Waals surface area contributed by atoms with E-state index < -0.39 is 5.82 Å². The molecule has 1 aromatic heterocycles. The summed E-state index contributed by atoms with van der Waals surface area (Å²) in [6.45, 7) is 1.60. The number of nitriles is 1. The Bertz CT molecular complexity index is 823. The maximum atomic E-state index is 14.2. The third-order valence-corrected chi connectivity index (χ3v) is 4.86. The minimum Gasteiger partial charge on any atom is -0.360 e. The molecule has 1 aromatic carbocycles. The van der Waals surface area contributed by atoms with Gasteiger partial charge in [-0.25, -0.2) is 4.39 Å². The number of carbonyl (C=O) groups excluding carboxylic acids is 1. The smallest absolute Gasteiger partial charge is 0.257 e. The fourth-order valence-corrected chi connectivity index (χ4v) is 3.56. The van der Waals surface area contributed by atoms with Crippen LogP contribution in [0, 0.1) is 30.0 Å². The van der Waals surface area contributed by atoms with E-state index in [1.54, 1.807) is 6.92 Å². The molecule has 1 amide bonds. The maximum Gasteiger partial charge on any atom is 0.257 e. The van der Waals surface area contributed by atoms with Gasteiger partial charge in [0.15, 0.2) is 0 Å². The van der Waals surface area contributed by atoms with Crippen molar-refractivity contribution >= 4 is 17.5 Å². The van der Waals surface area contributed by atoms with E-state index in [0.717, 1.165) is 19.3 Å². The minimum absolute atomic E-state index is 0.0101.